The van der Waals surface area contributed by atoms with Gasteiger partial charge in [0.05, 0.1) is 18.8 Å². The van der Waals surface area contributed by atoms with Gasteiger partial charge in [-0.3, -0.25) is 14.3 Å². The summed E-state index contributed by atoms with van der Waals surface area (Å²) in [6, 6.07) is 8.03. The second-order valence-corrected chi connectivity index (χ2v) is 8.47. The van der Waals surface area contributed by atoms with Crippen LogP contribution in [0.4, 0.5) is 0 Å². The molecule has 1 aliphatic carbocycles. The maximum atomic E-state index is 12.5. The van der Waals surface area contributed by atoms with Crippen LogP contribution in [0.1, 0.15) is 43.0 Å². The summed E-state index contributed by atoms with van der Waals surface area (Å²) >= 11 is 0. The highest BCUT2D eigenvalue weighted by molar-refractivity contribution is 5.81. The number of hydrogen-bond donors (Lipinski definition) is 1. The molecule has 160 valence electrons. The number of carbonyl (C=O) groups excluding carboxylic acids is 2. The highest BCUT2D eigenvalue weighted by atomic mass is 16.5. The van der Waals surface area contributed by atoms with Crippen LogP contribution in [0, 0.1) is 12.8 Å². The van der Waals surface area contributed by atoms with Gasteiger partial charge in [-0.05, 0) is 50.8 Å². The first-order valence-electron chi connectivity index (χ1n) is 10.8. The Morgan fingerprint density at radius 3 is 2.87 bits per heavy atom. The van der Waals surface area contributed by atoms with Gasteiger partial charge in [-0.25, -0.2) is 0 Å². The Kier molecular flexibility index (Phi) is 6.06. The van der Waals surface area contributed by atoms with Crippen molar-refractivity contribution < 1.29 is 14.3 Å². The molecule has 1 aromatic heterocycles. The number of amides is 2. The van der Waals surface area contributed by atoms with Gasteiger partial charge in [0.15, 0.2) is 0 Å². The number of carbonyl (C=O) groups is 2. The first kappa shape index (κ1) is 20.4. The SMILES string of the molecule is Cc1ccn(CC(C)NC(=O)CCc2ccc3c(c2)CN(C(=O)C2CC2)CCO3)n1. The van der Waals surface area contributed by atoms with Gasteiger partial charge in [-0.2, -0.15) is 5.10 Å². The van der Waals surface area contributed by atoms with Crippen LogP contribution in [-0.2, 0) is 29.1 Å². The zero-order valence-electron chi connectivity index (χ0n) is 17.8. The standard InChI is InChI=1S/C23H30N4O3/c1-16-9-10-27(25-16)14-17(2)24-22(28)8-4-18-3-7-21-20(13-18)15-26(11-12-30-21)23(29)19-5-6-19/h3,7,9-10,13,17,19H,4-6,8,11-12,14-15H2,1-2H3,(H,24,28). The molecule has 0 saturated heterocycles. The first-order chi connectivity index (χ1) is 14.5. The van der Waals surface area contributed by atoms with E-state index in [4.69, 9.17) is 4.74 Å². The van der Waals surface area contributed by atoms with Gasteiger partial charge < -0.3 is 15.0 Å². The Labute approximate surface area is 177 Å². The fraction of sp³-hybridized carbons (Fsp3) is 0.522. The highest BCUT2D eigenvalue weighted by Crippen LogP contribution is 2.33. The van der Waals surface area contributed by atoms with Gasteiger partial charge >= 0.3 is 0 Å². The molecule has 4 rings (SSSR count). The monoisotopic (exact) mass is 410 g/mol. The number of rotatable bonds is 7. The van der Waals surface area contributed by atoms with Crippen molar-refractivity contribution in [2.75, 3.05) is 13.2 Å². The lowest BCUT2D eigenvalue weighted by molar-refractivity contribution is -0.133. The molecular formula is C23H30N4O3. The van der Waals surface area contributed by atoms with Crippen LogP contribution in [0.15, 0.2) is 30.5 Å². The Bertz CT molecular complexity index is 919. The zero-order chi connectivity index (χ0) is 21.1. The molecule has 1 fully saturated rings. The summed E-state index contributed by atoms with van der Waals surface area (Å²) in [7, 11) is 0. The predicted molar refractivity (Wildman–Crippen MR) is 113 cm³/mol. The van der Waals surface area contributed by atoms with E-state index in [0.717, 1.165) is 35.4 Å². The summed E-state index contributed by atoms with van der Waals surface area (Å²) in [6.07, 6.45) is 5.02. The van der Waals surface area contributed by atoms with E-state index in [-0.39, 0.29) is 23.8 Å². The minimum atomic E-state index is 0.0132. The van der Waals surface area contributed by atoms with Crippen molar-refractivity contribution in [3.8, 4) is 5.75 Å². The molecule has 2 aromatic rings. The zero-order valence-corrected chi connectivity index (χ0v) is 17.8. The van der Waals surface area contributed by atoms with Crippen molar-refractivity contribution in [2.45, 2.75) is 58.7 Å². The van der Waals surface area contributed by atoms with Crippen molar-refractivity contribution in [2.24, 2.45) is 5.92 Å². The van der Waals surface area contributed by atoms with Crippen LogP contribution in [-0.4, -0.2) is 45.7 Å². The maximum Gasteiger partial charge on any atom is 0.226 e. The number of nitrogens with one attached hydrogen (secondary N) is 1. The lowest BCUT2D eigenvalue weighted by Gasteiger charge is -2.19. The molecule has 1 unspecified atom stereocenters. The van der Waals surface area contributed by atoms with Gasteiger partial charge in [0.1, 0.15) is 12.4 Å². The van der Waals surface area contributed by atoms with E-state index in [0.29, 0.717) is 39.1 Å². The molecule has 0 bridgehead atoms. The van der Waals surface area contributed by atoms with Gasteiger partial charge in [0.25, 0.3) is 0 Å². The second kappa shape index (κ2) is 8.90. The number of fused-ring (bicyclic) bond motifs is 1. The molecule has 2 aliphatic rings. The molecule has 1 N–H and O–H groups in total. The van der Waals surface area contributed by atoms with Gasteiger partial charge in [-0.1, -0.05) is 12.1 Å². The van der Waals surface area contributed by atoms with Crippen LogP contribution >= 0.6 is 0 Å². The number of benzene rings is 1. The van der Waals surface area contributed by atoms with Crippen molar-refractivity contribution in [1.82, 2.24) is 20.0 Å². The molecule has 2 amide bonds. The third-order valence-corrected chi connectivity index (χ3v) is 5.63. The summed E-state index contributed by atoms with van der Waals surface area (Å²) < 4.78 is 7.69. The number of aryl methyl sites for hydroxylation is 2. The second-order valence-electron chi connectivity index (χ2n) is 8.47. The molecule has 1 aliphatic heterocycles. The van der Waals surface area contributed by atoms with Crippen LogP contribution < -0.4 is 10.1 Å². The molecular weight excluding hydrogens is 380 g/mol. The van der Waals surface area contributed by atoms with E-state index in [1.165, 1.54) is 0 Å². The smallest absolute Gasteiger partial charge is 0.226 e. The molecule has 1 atom stereocenters. The Balaban J connectivity index is 1.30. The van der Waals surface area contributed by atoms with Crippen LogP contribution in [0.3, 0.4) is 0 Å². The fourth-order valence-corrected chi connectivity index (χ4v) is 3.88. The van der Waals surface area contributed by atoms with Crippen LogP contribution in [0.2, 0.25) is 0 Å². The lowest BCUT2D eigenvalue weighted by Crippen LogP contribution is -2.35. The van der Waals surface area contributed by atoms with E-state index in [9.17, 15) is 9.59 Å². The summed E-state index contributed by atoms with van der Waals surface area (Å²) in [5, 5.41) is 7.40. The van der Waals surface area contributed by atoms with Crippen molar-refractivity contribution in [3.05, 3.63) is 47.3 Å². The van der Waals surface area contributed by atoms with Crippen LogP contribution in [0.25, 0.3) is 0 Å². The van der Waals surface area contributed by atoms with E-state index < -0.39 is 0 Å². The number of ether oxygens (including phenoxy) is 1. The lowest BCUT2D eigenvalue weighted by atomic mass is 10.0. The average Bonchev–Trinajstić information content (AvgIpc) is 3.51. The topological polar surface area (TPSA) is 76.5 Å². The van der Waals surface area contributed by atoms with Crippen molar-refractivity contribution in [3.63, 3.8) is 0 Å². The Hall–Kier alpha value is -2.83. The summed E-state index contributed by atoms with van der Waals surface area (Å²) in [5.41, 5.74) is 3.09. The van der Waals surface area contributed by atoms with E-state index in [1.807, 2.05) is 47.8 Å². The third kappa shape index (κ3) is 5.20. The molecule has 1 saturated carbocycles. The van der Waals surface area contributed by atoms with Crippen molar-refractivity contribution >= 4 is 11.8 Å². The quantitative estimate of drug-likeness (QED) is 0.761. The van der Waals surface area contributed by atoms with Gasteiger partial charge in [-0.15, -0.1) is 0 Å². The number of aromatic nitrogens is 2. The van der Waals surface area contributed by atoms with Crippen LogP contribution in [0.5, 0.6) is 5.75 Å². The number of nitrogens with zero attached hydrogens (tertiary/aromatic N) is 3. The van der Waals surface area contributed by atoms with Crippen molar-refractivity contribution in [1.29, 1.82) is 0 Å². The third-order valence-electron chi connectivity index (χ3n) is 5.63. The molecule has 7 heteroatoms. The van der Waals surface area contributed by atoms with E-state index in [1.54, 1.807) is 0 Å². The van der Waals surface area contributed by atoms with Gasteiger partial charge in [0, 0.05) is 36.7 Å². The molecule has 0 spiro atoms. The minimum absolute atomic E-state index is 0.0132. The fourth-order valence-electron chi connectivity index (χ4n) is 3.88. The average molecular weight is 411 g/mol. The summed E-state index contributed by atoms with van der Waals surface area (Å²) in [4.78, 5) is 26.8. The van der Waals surface area contributed by atoms with E-state index in [2.05, 4.69) is 16.5 Å². The molecule has 0 radical (unpaired) electrons. The predicted octanol–water partition coefficient (Wildman–Crippen LogP) is 2.46. The molecule has 30 heavy (non-hydrogen) atoms. The summed E-state index contributed by atoms with van der Waals surface area (Å²) in [5.74, 6) is 1.34. The Morgan fingerprint density at radius 2 is 2.13 bits per heavy atom. The molecule has 1 aromatic carbocycles. The number of hydrogen-bond acceptors (Lipinski definition) is 4. The van der Waals surface area contributed by atoms with E-state index >= 15 is 0 Å². The Morgan fingerprint density at radius 1 is 1.30 bits per heavy atom. The molecule has 2 heterocycles. The van der Waals surface area contributed by atoms with Gasteiger partial charge in [0.2, 0.25) is 11.8 Å². The maximum absolute atomic E-state index is 12.5. The minimum Gasteiger partial charge on any atom is -0.491 e. The summed E-state index contributed by atoms with van der Waals surface area (Å²) in [6.45, 7) is 6.34. The normalized spacial score (nSPS) is 16.9. The first-order valence-corrected chi connectivity index (χ1v) is 10.8. The largest absolute Gasteiger partial charge is 0.491 e. The molecule has 7 nitrogen and oxygen atoms in total. The highest BCUT2D eigenvalue weighted by Gasteiger charge is 2.34.